The largest absolute Gasteiger partial charge is 0.309 e. The molecule has 0 N–H and O–H groups in total. The Bertz CT molecular complexity index is 6560. The fraction of sp³-hybridized carbons (Fsp3) is 0.0495. The van der Waals surface area contributed by atoms with Gasteiger partial charge < -0.3 is 9.13 Å². The van der Waals surface area contributed by atoms with E-state index in [0.717, 1.165) is 12.8 Å². The number of rotatable bonds is 5. The summed E-state index contributed by atoms with van der Waals surface area (Å²) in [6.07, 6.45) is 4.50. The van der Waals surface area contributed by atoms with E-state index >= 15 is 0 Å². The molecule has 2 aromatic heterocycles. The zero-order valence-electron chi connectivity index (χ0n) is 56.3. The zero-order valence-corrected chi connectivity index (χ0v) is 56.3. The van der Waals surface area contributed by atoms with Crippen LogP contribution in [-0.4, -0.2) is 9.13 Å². The van der Waals surface area contributed by atoms with Gasteiger partial charge in [-0.25, -0.2) is 0 Å². The summed E-state index contributed by atoms with van der Waals surface area (Å²) in [5.41, 5.74) is 36.9. The van der Waals surface area contributed by atoms with E-state index in [2.05, 4.69) is 361 Å². The number of benzene rings is 16. The number of hydrogen-bond acceptors (Lipinski definition) is 0. The maximum atomic E-state index is 2.64. The summed E-state index contributed by atoms with van der Waals surface area (Å²) in [5, 5.41) is 10.1. The average Bonchev–Trinajstić information content (AvgIpc) is 1.52. The Balaban J connectivity index is 0.821. The van der Waals surface area contributed by atoms with Gasteiger partial charge in [-0.2, -0.15) is 0 Å². The molecule has 2 spiro atoms. The van der Waals surface area contributed by atoms with Gasteiger partial charge in [-0.15, -0.1) is 0 Å². The minimum atomic E-state index is -0.628. The molecule has 2 aliphatic heterocycles. The van der Waals surface area contributed by atoms with Gasteiger partial charge in [0, 0.05) is 21.5 Å². The molecule has 2 unspecified atom stereocenters. The minimum Gasteiger partial charge on any atom is -0.309 e. The molecule has 2 nitrogen and oxygen atoms in total. The van der Waals surface area contributed by atoms with Crippen LogP contribution in [0.4, 0.5) is 0 Å². The van der Waals surface area contributed by atoms with Crippen molar-refractivity contribution < 1.29 is 0 Å². The van der Waals surface area contributed by atoms with Crippen molar-refractivity contribution in [1.29, 1.82) is 0 Å². The Morgan fingerprint density at radius 2 is 0.592 bits per heavy atom. The van der Waals surface area contributed by atoms with E-state index in [1.807, 2.05) is 0 Å². The molecule has 4 aliphatic carbocycles. The average molecular weight is 1300 g/mol. The van der Waals surface area contributed by atoms with Crippen LogP contribution in [0, 0.1) is 0 Å². The third-order valence-corrected chi connectivity index (χ3v) is 25.1. The number of fused-ring (bicyclic) bond motifs is 28. The maximum absolute atomic E-state index is 2.64. The van der Waals surface area contributed by atoms with Crippen molar-refractivity contribution in [3.05, 3.63) is 430 Å². The molecule has 0 bridgehead atoms. The van der Waals surface area contributed by atoms with Crippen LogP contribution in [0.1, 0.15) is 85.2 Å². The first-order valence-electron chi connectivity index (χ1n) is 36.5. The quantitative estimate of drug-likeness (QED) is 0.152. The normalized spacial score (nSPS) is 17.2. The van der Waals surface area contributed by atoms with Crippen LogP contribution in [0.3, 0.4) is 0 Å². The first-order chi connectivity index (χ1) is 51.2. The highest BCUT2D eigenvalue weighted by Gasteiger charge is 2.55. The number of para-hydroxylation sites is 6. The smallest absolute Gasteiger partial charge is 0.0754 e. The third kappa shape index (κ3) is 6.68. The lowest BCUT2D eigenvalue weighted by molar-refractivity contribution is 0.748. The maximum Gasteiger partial charge on any atom is 0.0754 e. The molecule has 18 aromatic rings. The van der Waals surface area contributed by atoms with Crippen LogP contribution >= 0.6 is 0 Å². The number of allylic oxidation sites excluding steroid dienone is 4. The van der Waals surface area contributed by atoms with Crippen LogP contribution in [0.25, 0.3) is 132 Å². The van der Waals surface area contributed by atoms with Crippen LogP contribution < -0.4 is 0 Å². The Hall–Kier alpha value is -12.9. The molecule has 0 amide bonds. The lowest BCUT2D eigenvalue weighted by atomic mass is 9.63. The Kier molecular flexibility index (Phi) is 11.0. The second-order valence-electron chi connectivity index (χ2n) is 29.3. The van der Waals surface area contributed by atoms with Gasteiger partial charge in [0.15, 0.2) is 0 Å². The topological polar surface area (TPSA) is 9.86 Å². The van der Waals surface area contributed by atoms with Gasteiger partial charge in [-0.1, -0.05) is 322 Å². The Morgan fingerprint density at radius 3 is 1.11 bits per heavy atom. The molecular formula is C101H62N2. The summed E-state index contributed by atoms with van der Waals surface area (Å²) in [5.74, 6) is 0. The van der Waals surface area contributed by atoms with E-state index in [1.54, 1.807) is 0 Å². The lowest BCUT2D eigenvalue weighted by Crippen LogP contribution is -2.33. The van der Waals surface area contributed by atoms with Crippen molar-refractivity contribution in [3.63, 3.8) is 0 Å². The SMILES string of the molecule is C1=C(c2c3cccc(-c4cccc5c4-c4ccccc4C54c5ccccc5-n5c6ccccc6c6cccc4c65)c3cc3c(-c4cccc5c4-c4ccccc4C54c5ccccc5-n5c6ccccc6c6cccc4c65)cccc23)C2=C(CC1)c1ccccc1C2(c1ccccc1)c1ccccc1. The van der Waals surface area contributed by atoms with Crippen molar-refractivity contribution in [2.45, 2.75) is 29.1 Å². The molecule has 0 saturated carbocycles. The first kappa shape index (κ1) is 55.9. The Labute approximate surface area is 596 Å². The van der Waals surface area contributed by atoms with Crippen molar-refractivity contribution in [3.8, 4) is 55.9 Å². The second kappa shape index (κ2) is 20.2. The van der Waals surface area contributed by atoms with E-state index in [-0.39, 0.29) is 0 Å². The molecule has 2 atom stereocenters. The van der Waals surface area contributed by atoms with Crippen molar-refractivity contribution in [2.75, 3.05) is 0 Å². The second-order valence-corrected chi connectivity index (χ2v) is 29.3. The molecule has 16 aromatic carbocycles. The molecule has 0 saturated heterocycles. The monoisotopic (exact) mass is 1300 g/mol. The zero-order chi connectivity index (χ0) is 67.0. The highest BCUT2D eigenvalue weighted by atomic mass is 15.0. The van der Waals surface area contributed by atoms with Gasteiger partial charge in [0.1, 0.15) is 0 Å². The number of nitrogens with zero attached hydrogens (tertiary/aromatic N) is 2. The summed E-state index contributed by atoms with van der Waals surface area (Å²) >= 11 is 0. The molecule has 0 fully saturated rings. The summed E-state index contributed by atoms with van der Waals surface area (Å²) in [4.78, 5) is 0. The molecule has 2 heteroatoms. The standard InChI is InChI=1S/C101H62N2/c1-3-28-61(29-4-1)99(62-30-5-2-6-31-62)80-47-12-7-32-65(80)72-43-23-46-77(96(72)99)93-70-39-21-37-63(68-41-24-52-85-94(68)75-35-8-13-48-81(75)100(85)83-50-15-19-58-91(83)102-89-56-17-10-33-66(89)73-44-26-54-87(100)97(73)102)78(70)60-79-64(38-22-40-71(79)93)69-42-25-53-86-95(69)76-36-9-14-49-82(76)101(86)84-51-16-20-59-92(84)103-90-57-18-11-34-67(90)74-45-27-55-88(101)98(74)103/h1-22,24-42,44-60H,23,43H2. The van der Waals surface area contributed by atoms with Crippen LogP contribution in [-0.2, 0) is 16.2 Å². The summed E-state index contributed by atoms with van der Waals surface area (Å²) in [7, 11) is 0. The highest BCUT2D eigenvalue weighted by molar-refractivity contribution is 6.22. The predicted molar refractivity (Wildman–Crippen MR) is 426 cm³/mol. The molecule has 476 valence electrons. The van der Waals surface area contributed by atoms with E-state index in [9.17, 15) is 0 Å². The van der Waals surface area contributed by atoms with Crippen molar-refractivity contribution >= 4 is 76.3 Å². The van der Waals surface area contributed by atoms with Gasteiger partial charge in [-0.05, 0) is 198 Å². The fourth-order valence-electron chi connectivity index (χ4n) is 21.6. The lowest BCUT2D eigenvalue weighted by Gasteiger charge is -2.39. The summed E-state index contributed by atoms with van der Waals surface area (Å²) in [6.45, 7) is 0. The van der Waals surface area contributed by atoms with Gasteiger partial charge in [-0.3, -0.25) is 0 Å². The van der Waals surface area contributed by atoms with E-state index in [4.69, 9.17) is 0 Å². The first-order valence-corrected chi connectivity index (χ1v) is 36.5. The number of hydrogen-bond donors (Lipinski definition) is 0. The molecule has 4 heterocycles. The molecule has 6 aliphatic rings. The molecular weight excluding hydrogens is 1240 g/mol. The van der Waals surface area contributed by atoms with Gasteiger partial charge in [0.05, 0.1) is 49.7 Å². The predicted octanol–water partition coefficient (Wildman–Crippen LogP) is 24.9. The van der Waals surface area contributed by atoms with Crippen LogP contribution in [0.5, 0.6) is 0 Å². The molecule has 103 heavy (non-hydrogen) atoms. The van der Waals surface area contributed by atoms with Gasteiger partial charge in [0.2, 0.25) is 0 Å². The van der Waals surface area contributed by atoms with E-state index in [1.165, 1.54) is 210 Å². The van der Waals surface area contributed by atoms with E-state index in [0.29, 0.717) is 0 Å². The fourth-order valence-corrected chi connectivity index (χ4v) is 21.6. The van der Waals surface area contributed by atoms with Gasteiger partial charge in [0.25, 0.3) is 0 Å². The Morgan fingerprint density at radius 1 is 0.233 bits per heavy atom. The van der Waals surface area contributed by atoms with Crippen molar-refractivity contribution in [1.82, 2.24) is 9.13 Å². The minimum absolute atomic E-state index is 0.619. The van der Waals surface area contributed by atoms with Gasteiger partial charge >= 0.3 is 0 Å². The van der Waals surface area contributed by atoms with E-state index < -0.39 is 16.2 Å². The third-order valence-electron chi connectivity index (χ3n) is 25.1. The van der Waals surface area contributed by atoms with Crippen molar-refractivity contribution in [2.24, 2.45) is 0 Å². The van der Waals surface area contributed by atoms with Crippen LogP contribution in [0.2, 0.25) is 0 Å². The number of aromatic nitrogens is 2. The molecule has 0 radical (unpaired) electrons. The summed E-state index contributed by atoms with van der Waals surface area (Å²) in [6, 6.07) is 134. The highest BCUT2D eigenvalue weighted by Crippen LogP contribution is 2.67. The van der Waals surface area contributed by atoms with Crippen LogP contribution in [0.15, 0.2) is 357 Å². The molecule has 24 rings (SSSR count). The summed E-state index contributed by atoms with van der Waals surface area (Å²) < 4.78 is 5.12.